The van der Waals surface area contributed by atoms with E-state index in [4.69, 9.17) is 11.6 Å². The number of benzene rings is 1. The van der Waals surface area contributed by atoms with E-state index in [0.29, 0.717) is 11.6 Å². The summed E-state index contributed by atoms with van der Waals surface area (Å²) in [7, 11) is 0. The molecule has 0 radical (unpaired) electrons. The number of allylic oxidation sites excluding steroid dienone is 3. The van der Waals surface area contributed by atoms with Gasteiger partial charge in [0.2, 0.25) is 11.9 Å². The van der Waals surface area contributed by atoms with Gasteiger partial charge in [-0.25, -0.2) is 23.1 Å². The molecule has 2 aliphatic rings. The monoisotopic (exact) mass is 685 g/mol. The van der Waals surface area contributed by atoms with Crippen LogP contribution in [0.2, 0.25) is 0 Å². The van der Waals surface area contributed by atoms with E-state index in [1.54, 1.807) is 47.7 Å². The third kappa shape index (κ3) is 6.74. The van der Waals surface area contributed by atoms with Gasteiger partial charge >= 0.3 is 0 Å². The first-order valence-corrected chi connectivity index (χ1v) is 14.1. The molecule has 0 unspecified atom stereocenters. The molecule has 2 heterocycles. The second kappa shape index (κ2) is 12.8. The summed E-state index contributed by atoms with van der Waals surface area (Å²) in [6.45, 7) is 5.58. The van der Waals surface area contributed by atoms with E-state index in [1.165, 1.54) is 28.3 Å². The van der Waals surface area contributed by atoms with Crippen molar-refractivity contribution in [2.75, 3.05) is 16.3 Å². The number of carbonyl (C=O) groups excluding carboxylic acids is 2. The maximum absolute atomic E-state index is 14.5. The second-order valence-corrected chi connectivity index (χ2v) is 11.9. The zero-order chi connectivity index (χ0) is 29.0. The molecule has 2 fully saturated rings. The number of rotatable bonds is 10. The lowest BCUT2D eigenvalue weighted by atomic mass is 9.90. The number of anilines is 2. The molecule has 2 aromatic rings. The number of halogens is 5. The van der Waals surface area contributed by atoms with Crippen molar-refractivity contribution in [1.82, 2.24) is 15.3 Å². The lowest BCUT2D eigenvalue weighted by molar-refractivity contribution is -0.122. The van der Waals surface area contributed by atoms with Crippen molar-refractivity contribution in [3.8, 4) is 0 Å². The molecule has 2 atom stereocenters. The lowest BCUT2D eigenvalue weighted by Crippen LogP contribution is -2.57. The van der Waals surface area contributed by atoms with Crippen molar-refractivity contribution in [1.29, 1.82) is 0 Å². The molecule has 1 aromatic heterocycles. The van der Waals surface area contributed by atoms with E-state index in [0.717, 1.165) is 12.1 Å². The van der Waals surface area contributed by atoms with Crippen LogP contribution in [0.15, 0.2) is 72.1 Å². The zero-order valence-electron chi connectivity index (χ0n) is 21.7. The predicted molar refractivity (Wildman–Crippen MR) is 157 cm³/mol. The van der Waals surface area contributed by atoms with E-state index in [-0.39, 0.29) is 60.8 Å². The quantitative estimate of drug-likeness (QED) is 0.196. The first-order chi connectivity index (χ1) is 19.0. The fourth-order valence-corrected chi connectivity index (χ4v) is 6.21. The largest absolute Gasteiger partial charge is 0.311 e. The van der Waals surface area contributed by atoms with Crippen LogP contribution >= 0.6 is 34.2 Å². The van der Waals surface area contributed by atoms with E-state index in [1.807, 2.05) is 0 Å². The van der Waals surface area contributed by atoms with Crippen LogP contribution in [0.5, 0.6) is 0 Å². The van der Waals surface area contributed by atoms with Gasteiger partial charge in [-0.15, -0.1) is 0 Å². The summed E-state index contributed by atoms with van der Waals surface area (Å²) in [4.78, 5) is 38.1. The van der Waals surface area contributed by atoms with Crippen molar-refractivity contribution in [3.05, 3.63) is 83.7 Å². The average Bonchev–Trinajstić information content (AvgIpc) is 3.29. The fourth-order valence-electron chi connectivity index (χ4n) is 4.96. The Kier molecular flexibility index (Phi) is 9.68. The highest BCUT2D eigenvalue weighted by Crippen LogP contribution is 2.42. The summed E-state index contributed by atoms with van der Waals surface area (Å²) in [5.41, 5.74) is 0.372. The van der Waals surface area contributed by atoms with Gasteiger partial charge in [0.25, 0.3) is 5.91 Å². The van der Waals surface area contributed by atoms with Crippen LogP contribution in [0.4, 0.5) is 24.8 Å². The van der Waals surface area contributed by atoms with Crippen molar-refractivity contribution in [2.45, 2.75) is 54.4 Å². The minimum absolute atomic E-state index is 0.0486. The number of carbonyl (C=O) groups is 2. The molecule has 1 N–H and O–H groups in total. The average molecular weight is 686 g/mol. The molecule has 40 heavy (non-hydrogen) atoms. The summed E-state index contributed by atoms with van der Waals surface area (Å²) in [6, 6.07) is 2.24. The Morgan fingerprint density at radius 1 is 1.30 bits per heavy atom. The van der Waals surface area contributed by atoms with Gasteiger partial charge < -0.3 is 10.2 Å². The van der Waals surface area contributed by atoms with Gasteiger partial charge in [-0.1, -0.05) is 36.4 Å². The van der Waals surface area contributed by atoms with Gasteiger partial charge in [-0.2, -0.15) is 0 Å². The van der Waals surface area contributed by atoms with Crippen LogP contribution in [0, 0.1) is 11.6 Å². The Labute approximate surface area is 249 Å². The number of hydrogen-bond donors (Lipinski definition) is 1. The highest BCUT2D eigenvalue weighted by molar-refractivity contribution is 14.1. The molecule has 1 aromatic carbocycles. The minimum atomic E-state index is -1.33. The molecule has 4 rings (SSSR count). The third-order valence-corrected chi connectivity index (χ3v) is 8.04. The van der Waals surface area contributed by atoms with E-state index in [9.17, 15) is 22.8 Å². The van der Waals surface area contributed by atoms with Crippen molar-refractivity contribution in [2.24, 2.45) is 0 Å². The van der Waals surface area contributed by atoms with E-state index < -0.39 is 33.3 Å². The number of nitrogens with one attached hydrogen (secondary N) is 1. The number of aromatic nitrogens is 2. The summed E-state index contributed by atoms with van der Waals surface area (Å²) >= 11 is 8.33. The lowest BCUT2D eigenvalue weighted by Gasteiger charge is -2.41. The molecule has 2 amide bonds. The Morgan fingerprint density at radius 3 is 2.52 bits per heavy atom. The van der Waals surface area contributed by atoms with Crippen LogP contribution < -0.4 is 15.1 Å². The Balaban J connectivity index is 1.83. The summed E-state index contributed by atoms with van der Waals surface area (Å²) < 4.78 is 42.0. The predicted octanol–water partition coefficient (Wildman–Crippen LogP) is 5.76. The number of amides is 2. The second-order valence-electron chi connectivity index (χ2n) is 9.60. The highest BCUT2D eigenvalue weighted by Gasteiger charge is 2.45. The number of nitrogens with zero attached hydrogens (tertiary/aromatic N) is 4. The van der Waals surface area contributed by atoms with Crippen LogP contribution in [0.3, 0.4) is 0 Å². The molecular weight excluding hydrogens is 658 g/mol. The van der Waals surface area contributed by atoms with E-state index in [2.05, 4.69) is 21.9 Å². The van der Waals surface area contributed by atoms with Gasteiger partial charge in [0, 0.05) is 55.3 Å². The number of alkyl halides is 2. The molecule has 7 nitrogen and oxygen atoms in total. The van der Waals surface area contributed by atoms with Crippen molar-refractivity contribution < 1.29 is 22.8 Å². The Hall–Kier alpha value is -2.77. The topological polar surface area (TPSA) is 78.4 Å². The summed E-state index contributed by atoms with van der Waals surface area (Å²) in [6.07, 6.45) is 8.44. The zero-order valence-corrected chi connectivity index (χ0v) is 24.6. The maximum atomic E-state index is 14.5. The minimum Gasteiger partial charge on any atom is -0.311 e. The van der Waals surface area contributed by atoms with E-state index >= 15 is 0 Å². The smallest absolute Gasteiger partial charge is 0.250 e. The molecule has 212 valence electrons. The van der Waals surface area contributed by atoms with Gasteiger partial charge in [-0.05, 0) is 59.7 Å². The SMILES string of the molecule is C=C/C(Cl)=C(\C=C/C)[C@@H](CNC1CC(F)(I)C1)N(C(=O)[C@@H]1CCC(=O)N1c1ncccn1)c1cc(F)cc(F)c1. The summed E-state index contributed by atoms with van der Waals surface area (Å²) in [5.74, 6) is -2.68. The Morgan fingerprint density at radius 2 is 1.95 bits per heavy atom. The molecule has 0 bridgehead atoms. The maximum Gasteiger partial charge on any atom is 0.250 e. The van der Waals surface area contributed by atoms with Crippen LogP contribution in [0.25, 0.3) is 0 Å². The molecular formula is C28H28ClF3IN5O2. The van der Waals surface area contributed by atoms with Crippen LogP contribution in [-0.2, 0) is 9.59 Å². The first-order valence-electron chi connectivity index (χ1n) is 12.7. The molecule has 1 saturated heterocycles. The van der Waals surface area contributed by atoms with Crippen molar-refractivity contribution >= 4 is 57.6 Å². The molecule has 1 saturated carbocycles. The normalized spacial score (nSPS) is 24.1. The first kappa shape index (κ1) is 30.2. The fraction of sp³-hybridized carbons (Fsp3) is 0.357. The highest BCUT2D eigenvalue weighted by atomic mass is 127. The molecule has 12 heteroatoms. The van der Waals surface area contributed by atoms with Crippen LogP contribution in [0.1, 0.15) is 32.6 Å². The Bertz CT molecular complexity index is 1310. The van der Waals surface area contributed by atoms with Crippen LogP contribution in [-0.4, -0.2) is 50.1 Å². The van der Waals surface area contributed by atoms with Gasteiger partial charge in [0.05, 0.1) is 11.7 Å². The van der Waals surface area contributed by atoms with Gasteiger partial charge in [0.15, 0.2) is 3.68 Å². The summed E-state index contributed by atoms with van der Waals surface area (Å²) in [5, 5.41) is 3.49. The molecule has 0 spiro atoms. The molecule has 1 aliphatic heterocycles. The van der Waals surface area contributed by atoms with Gasteiger partial charge in [-0.3, -0.25) is 14.5 Å². The third-order valence-electron chi connectivity index (χ3n) is 6.79. The molecule has 1 aliphatic carbocycles. The van der Waals surface area contributed by atoms with Gasteiger partial charge in [0.1, 0.15) is 17.7 Å². The standard InChI is InChI=1S/C28H28ClF3IN5O2/c1-3-6-21(22(29)4-2)24(16-36-19-14-28(32,33)15-19)37(20-12-17(30)11-18(31)13-20)26(40)23-7-8-25(39)38(23)27-34-9-5-10-35-27/h3-6,9-13,19,23-24,36H,2,7-8,14-16H2,1H3/b6-3-,22-21-/t19?,23-,24+,28?/m0/s1. The number of hydrogen-bond acceptors (Lipinski definition) is 5. The van der Waals surface area contributed by atoms with Crippen molar-refractivity contribution in [3.63, 3.8) is 0 Å².